The molecule has 0 aromatic heterocycles. The summed E-state index contributed by atoms with van der Waals surface area (Å²) in [4.78, 5) is 12.3. The van der Waals surface area contributed by atoms with Crippen LogP contribution >= 0.6 is 0 Å². The lowest BCUT2D eigenvalue weighted by molar-refractivity contribution is -0.117. The first-order valence-electron chi connectivity index (χ1n) is 8.75. The van der Waals surface area contributed by atoms with E-state index >= 15 is 0 Å². The number of benzene rings is 2. The van der Waals surface area contributed by atoms with Crippen LogP contribution in [0.15, 0.2) is 48.5 Å². The van der Waals surface area contributed by atoms with Crippen LogP contribution in [-0.2, 0) is 11.2 Å². The highest BCUT2D eigenvalue weighted by atomic mass is 16.6. The Kier molecular flexibility index (Phi) is 4.42. The number of carbonyl (C=O) groups is 1. The number of hydrogen-bond donors (Lipinski definition) is 1. The Morgan fingerprint density at radius 3 is 2.84 bits per heavy atom. The highest BCUT2D eigenvalue weighted by molar-refractivity contribution is 5.92. The molecule has 25 heavy (non-hydrogen) atoms. The van der Waals surface area contributed by atoms with E-state index in [1.165, 1.54) is 11.1 Å². The molecule has 1 amide bonds. The van der Waals surface area contributed by atoms with Crippen LogP contribution in [0.1, 0.15) is 35.6 Å². The van der Waals surface area contributed by atoms with Crippen LogP contribution in [-0.4, -0.2) is 19.1 Å². The molecule has 1 atom stereocenters. The summed E-state index contributed by atoms with van der Waals surface area (Å²) < 4.78 is 11.1. The molecule has 0 bridgehead atoms. The lowest BCUT2D eigenvalue weighted by Crippen LogP contribution is -2.29. The summed E-state index contributed by atoms with van der Waals surface area (Å²) in [7, 11) is 0. The molecule has 4 nitrogen and oxygen atoms in total. The number of ether oxygens (including phenoxy) is 2. The zero-order valence-corrected chi connectivity index (χ0v) is 14.0. The molecule has 0 unspecified atom stereocenters. The number of aryl methyl sites for hydroxylation is 1. The summed E-state index contributed by atoms with van der Waals surface area (Å²) in [5.41, 5.74) is 3.51. The van der Waals surface area contributed by atoms with Crippen molar-refractivity contribution in [2.45, 2.75) is 25.3 Å². The van der Waals surface area contributed by atoms with Crippen LogP contribution in [0.2, 0.25) is 0 Å². The highest BCUT2D eigenvalue weighted by Gasteiger charge is 2.20. The number of fused-ring (bicyclic) bond motifs is 2. The van der Waals surface area contributed by atoms with E-state index in [0.717, 1.165) is 36.3 Å². The van der Waals surface area contributed by atoms with Gasteiger partial charge < -0.3 is 14.8 Å². The zero-order chi connectivity index (χ0) is 17.1. The smallest absolute Gasteiger partial charge is 0.244 e. The molecule has 0 saturated heterocycles. The minimum absolute atomic E-state index is 0.0726. The monoisotopic (exact) mass is 335 g/mol. The van der Waals surface area contributed by atoms with Crippen molar-refractivity contribution >= 4 is 12.0 Å². The van der Waals surface area contributed by atoms with E-state index in [4.69, 9.17) is 9.47 Å². The van der Waals surface area contributed by atoms with Crippen LogP contribution in [0.5, 0.6) is 11.5 Å². The van der Waals surface area contributed by atoms with E-state index in [1.54, 1.807) is 6.08 Å². The summed E-state index contributed by atoms with van der Waals surface area (Å²) in [6.07, 6.45) is 6.58. The van der Waals surface area contributed by atoms with Gasteiger partial charge in [0.1, 0.15) is 13.2 Å². The standard InChI is InChI=1S/C21H21NO3/c23-21(22-18-7-3-5-16-4-1-2-6-17(16)18)11-9-15-8-10-19-20(14-15)25-13-12-24-19/h1-2,4,6,8-11,14,18H,3,5,7,12-13H2,(H,22,23)/b11-9+/t18-/m1/s1. The normalized spacial score (nSPS) is 18.6. The molecule has 2 aromatic carbocycles. The maximum absolute atomic E-state index is 12.3. The van der Waals surface area contributed by atoms with Crippen molar-refractivity contribution in [2.24, 2.45) is 0 Å². The number of rotatable bonds is 3. The van der Waals surface area contributed by atoms with Crippen LogP contribution in [0.25, 0.3) is 6.08 Å². The summed E-state index contributed by atoms with van der Waals surface area (Å²) in [6, 6.07) is 14.2. The van der Waals surface area contributed by atoms with Crippen molar-refractivity contribution in [1.82, 2.24) is 5.32 Å². The average Bonchev–Trinajstić information content (AvgIpc) is 2.66. The third-order valence-electron chi connectivity index (χ3n) is 4.68. The van der Waals surface area contributed by atoms with Crippen molar-refractivity contribution in [2.75, 3.05) is 13.2 Å². The van der Waals surface area contributed by atoms with Crippen molar-refractivity contribution in [3.05, 3.63) is 65.2 Å². The van der Waals surface area contributed by atoms with Gasteiger partial charge in [0, 0.05) is 6.08 Å². The van der Waals surface area contributed by atoms with E-state index in [-0.39, 0.29) is 11.9 Å². The summed E-state index contributed by atoms with van der Waals surface area (Å²) in [6.45, 7) is 1.13. The number of carbonyl (C=O) groups excluding carboxylic acids is 1. The van der Waals surface area contributed by atoms with Gasteiger partial charge in [0.25, 0.3) is 0 Å². The topological polar surface area (TPSA) is 47.6 Å². The van der Waals surface area contributed by atoms with Crippen molar-refractivity contribution in [1.29, 1.82) is 0 Å². The number of hydrogen-bond acceptors (Lipinski definition) is 3. The fraction of sp³-hybridized carbons (Fsp3) is 0.286. The second-order valence-corrected chi connectivity index (χ2v) is 6.39. The first kappa shape index (κ1) is 15.8. The molecule has 0 saturated carbocycles. The predicted octanol–water partition coefficient (Wildman–Crippen LogP) is 3.66. The quantitative estimate of drug-likeness (QED) is 0.871. The van der Waals surface area contributed by atoms with Crippen LogP contribution in [0.3, 0.4) is 0 Å². The van der Waals surface area contributed by atoms with E-state index in [1.807, 2.05) is 30.3 Å². The molecule has 4 rings (SSSR count). The van der Waals surface area contributed by atoms with Crippen molar-refractivity contribution in [3.8, 4) is 11.5 Å². The Morgan fingerprint density at radius 1 is 1.08 bits per heavy atom. The molecule has 0 spiro atoms. The van der Waals surface area contributed by atoms with Gasteiger partial charge in [0.2, 0.25) is 5.91 Å². The van der Waals surface area contributed by atoms with Gasteiger partial charge in [-0.1, -0.05) is 30.3 Å². The second-order valence-electron chi connectivity index (χ2n) is 6.39. The lowest BCUT2D eigenvalue weighted by Gasteiger charge is -2.25. The number of nitrogens with one attached hydrogen (secondary N) is 1. The molecular formula is C21H21NO3. The molecule has 128 valence electrons. The van der Waals surface area contributed by atoms with Gasteiger partial charge in [-0.25, -0.2) is 0 Å². The minimum atomic E-state index is -0.0726. The largest absolute Gasteiger partial charge is 0.486 e. The third-order valence-corrected chi connectivity index (χ3v) is 4.68. The molecule has 0 fully saturated rings. The van der Waals surface area contributed by atoms with Gasteiger partial charge in [-0.3, -0.25) is 4.79 Å². The Morgan fingerprint density at radius 2 is 1.92 bits per heavy atom. The van der Waals surface area contributed by atoms with Crippen molar-refractivity contribution < 1.29 is 14.3 Å². The van der Waals surface area contributed by atoms with Gasteiger partial charge in [-0.2, -0.15) is 0 Å². The molecule has 1 aliphatic heterocycles. The van der Waals surface area contributed by atoms with E-state index in [2.05, 4.69) is 23.5 Å². The maximum atomic E-state index is 12.3. The fourth-order valence-electron chi connectivity index (χ4n) is 3.46. The molecular weight excluding hydrogens is 314 g/mol. The highest BCUT2D eigenvalue weighted by Crippen LogP contribution is 2.31. The van der Waals surface area contributed by atoms with E-state index in [9.17, 15) is 4.79 Å². The predicted molar refractivity (Wildman–Crippen MR) is 96.7 cm³/mol. The van der Waals surface area contributed by atoms with Gasteiger partial charge in [0.15, 0.2) is 11.5 Å². The minimum Gasteiger partial charge on any atom is -0.486 e. The number of amides is 1. The third kappa shape index (κ3) is 3.53. The van der Waals surface area contributed by atoms with Crippen molar-refractivity contribution in [3.63, 3.8) is 0 Å². The molecule has 0 radical (unpaired) electrons. The van der Waals surface area contributed by atoms with Gasteiger partial charge in [-0.05, 0) is 54.2 Å². The van der Waals surface area contributed by atoms with Gasteiger partial charge in [-0.15, -0.1) is 0 Å². The first-order valence-corrected chi connectivity index (χ1v) is 8.75. The molecule has 4 heteroatoms. The second kappa shape index (κ2) is 7.01. The SMILES string of the molecule is O=C(/C=C/c1ccc2c(c1)OCCO2)N[C@@H]1CCCc2ccccc21. The van der Waals surface area contributed by atoms with E-state index in [0.29, 0.717) is 13.2 Å². The average molecular weight is 335 g/mol. The Labute approximate surface area is 147 Å². The van der Waals surface area contributed by atoms with Crippen LogP contribution < -0.4 is 14.8 Å². The van der Waals surface area contributed by atoms with Crippen LogP contribution in [0.4, 0.5) is 0 Å². The Hall–Kier alpha value is -2.75. The first-order chi connectivity index (χ1) is 12.3. The van der Waals surface area contributed by atoms with Crippen LogP contribution in [0, 0.1) is 0 Å². The molecule has 1 N–H and O–H groups in total. The summed E-state index contributed by atoms with van der Waals surface area (Å²) in [5.74, 6) is 1.42. The summed E-state index contributed by atoms with van der Waals surface area (Å²) >= 11 is 0. The Bertz CT molecular complexity index is 813. The summed E-state index contributed by atoms with van der Waals surface area (Å²) in [5, 5.41) is 3.13. The molecule has 2 aromatic rings. The molecule has 2 aliphatic rings. The molecule has 1 heterocycles. The fourth-order valence-corrected chi connectivity index (χ4v) is 3.46. The van der Waals surface area contributed by atoms with Gasteiger partial charge in [0.05, 0.1) is 6.04 Å². The van der Waals surface area contributed by atoms with Gasteiger partial charge >= 0.3 is 0 Å². The maximum Gasteiger partial charge on any atom is 0.244 e. The zero-order valence-electron chi connectivity index (χ0n) is 14.0. The Balaban J connectivity index is 1.43. The van der Waals surface area contributed by atoms with E-state index < -0.39 is 0 Å². The lowest BCUT2D eigenvalue weighted by atomic mass is 9.88. The molecule has 1 aliphatic carbocycles.